The molecule has 1 atom stereocenters. The lowest BCUT2D eigenvalue weighted by atomic mass is 10.00. The first-order valence-corrected chi connectivity index (χ1v) is 6.73. The maximum atomic E-state index is 12.4. The van der Waals surface area contributed by atoms with Crippen molar-refractivity contribution >= 4 is 16.6 Å². The fourth-order valence-electron chi connectivity index (χ4n) is 2.29. The highest BCUT2D eigenvalue weighted by atomic mass is 16.1. The Morgan fingerprint density at radius 3 is 2.35 bits per heavy atom. The van der Waals surface area contributed by atoms with Crippen LogP contribution in [-0.2, 0) is 6.42 Å². The normalized spacial score (nSPS) is 12.9. The summed E-state index contributed by atoms with van der Waals surface area (Å²) in [6.45, 7) is 0. The number of benzene rings is 3. The molecule has 0 aromatic heterocycles. The van der Waals surface area contributed by atoms with E-state index in [4.69, 9.17) is 1.37 Å². The van der Waals surface area contributed by atoms with Crippen molar-refractivity contribution in [1.29, 1.82) is 0 Å². The van der Waals surface area contributed by atoms with E-state index in [0.29, 0.717) is 12.0 Å². The molecule has 0 saturated carbocycles. The number of rotatable bonds is 4. The van der Waals surface area contributed by atoms with Crippen LogP contribution in [0.25, 0.3) is 10.8 Å². The number of fused-ring (bicyclic) bond motifs is 1. The average Bonchev–Trinajstić information content (AvgIpc) is 2.54. The second-order valence-electron chi connectivity index (χ2n) is 4.82. The molecule has 1 heteroatoms. The highest BCUT2D eigenvalue weighted by Gasteiger charge is 2.06. The molecule has 0 saturated heterocycles. The van der Waals surface area contributed by atoms with Crippen molar-refractivity contribution < 1.29 is 6.17 Å². The van der Waals surface area contributed by atoms with Crippen LogP contribution in [0.15, 0.2) is 72.8 Å². The van der Waals surface area contributed by atoms with Crippen molar-refractivity contribution in [3.63, 3.8) is 0 Å². The van der Waals surface area contributed by atoms with Gasteiger partial charge in [-0.15, -0.1) is 0 Å². The Morgan fingerprint density at radius 2 is 1.55 bits per heavy atom. The molecule has 0 aliphatic rings. The van der Waals surface area contributed by atoms with E-state index in [2.05, 4.69) is 0 Å². The molecule has 0 heterocycles. The maximum absolute atomic E-state index is 12.4. The molecule has 3 aromatic carbocycles. The van der Waals surface area contributed by atoms with Crippen molar-refractivity contribution in [2.75, 3.05) is 0 Å². The fourth-order valence-corrected chi connectivity index (χ4v) is 2.29. The average molecular weight is 261 g/mol. The number of hydrogen-bond donors (Lipinski definition) is 0. The summed E-state index contributed by atoms with van der Waals surface area (Å²) in [5, 5.41) is 2.15. The maximum Gasteiger partial charge on any atom is 0.163 e. The van der Waals surface area contributed by atoms with Crippen LogP contribution in [0.5, 0.6) is 0 Å². The van der Waals surface area contributed by atoms with Gasteiger partial charge in [-0.25, -0.2) is 0 Å². The topological polar surface area (TPSA) is 17.1 Å². The number of hydrogen-bond acceptors (Lipinski definition) is 1. The van der Waals surface area contributed by atoms with Crippen LogP contribution in [0.4, 0.5) is 0 Å². The van der Waals surface area contributed by atoms with Gasteiger partial charge in [-0.3, -0.25) is 4.79 Å². The van der Waals surface area contributed by atoms with Crippen LogP contribution in [0, 0.1) is 0 Å². The molecule has 1 nitrogen and oxygen atoms in total. The number of carbonyl (C=O) groups is 1. The molecule has 0 fully saturated rings. The fraction of sp³-hybridized carbons (Fsp3) is 0.105. The Kier molecular flexibility index (Phi) is 3.26. The number of Topliss-reactive ketones (excluding diaryl/α,β-unsaturated/α-hetero) is 1. The predicted molar refractivity (Wildman–Crippen MR) is 83.0 cm³/mol. The van der Waals surface area contributed by atoms with Gasteiger partial charge in [-0.05, 0) is 28.8 Å². The van der Waals surface area contributed by atoms with E-state index >= 15 is 0 Å². The SMILES string of the molecule is [2H]C(Cc1ccccc1)C(=O)c1ccc2ccccc2c1. The number of ketones is 1. The van der Waals surface area contributed by atoms with Crippen molar-refractivity contribution in [2.24, 2.45) is 0 Å². The Bertz CT molecular complexity index is 765. The minimum absolute atomic E-state index is 0.121. The first-order valence-electron chi connectivity index (χ1n) is 7.31. The van der Waals surface area contributed by atoms with Crippen molar-refractivity contribution in [3.05, 3.63) is 83.9 Å². The van der Waals surface area contributed by atoms with Crippen LogP contribution in [0.1, 0.15) is 23.7 Å². The standard InChI is InChI=1S/C19H16O/c20-19(13-10-15-6-2-1-3-7-15)18-12-11-16-8-4-5-9-17(16)14-18/h1-9,11-12,14H,10,13H2/i13D. The molecule has 0 bridgehead atoms. The van der Waals surface area contributed by atoms with Gasteiger partial charge in [0, 0.05) is 13.3 Å². The Labute approximate surface area is 120 Å². The summed E-state index contributed by atoms with van der Waals surface area (Å²) in [5.74, 6) is -0.121. The zero-order chi connectivity index (χ0) is 14.7. The third-order valence-electron chi connectivity index (χ3n) is 3.40. The molecule has 0 N–H and O–H groups in total. The molecule has 0 amide bonds. The Morgan fingerprint density at radius 1 is 0.850 bits per heavy atom. The third kappa shape index (κ3) is 2.77. The van der Waals surface area contributed by atoms with Crippen LogP contribution in [-0.4, -0.2) is 5.78 Å². The lowest BCUT2D eigenvalue weighted by molar-refractivity contribution is 0.0983. The zero-order valence-corrected chi connectivity index (χ0v) is 11.1. The van der Waals surface area contributed by atoms with E-state index in [9.17, 15) is 4.79 Å². The summed E-state index contributed by atoms with van der Waals surface area (Å²) in [7, 11) is 0. The number of carbonyl (C=O) groups excluding carboxylic acids is 1. The summed E-state index contributed by atoms with van der Waals surface area (Å²) in [5.41, 5.74) is 1.64. The van der Waals surface area contributed by atoms with E-state index in [1.54, 1.807) is 0 Å². The van der Waals surface area contributed by atoms with Gasteiger partial charge >= 0.3 is 0 Å². The van der Waals surface area contributed by atoms with Gasteiger partial charge in [0.1, 0.15) is 0 Å². The first kappa shape index (κ1) is 11.4. The predicted octanol–water partition coefficient (Wildman–Crippen LogP) is 4.66. The molecule has 3 aromatic rings. The Hall–Kier alpha value is -2.41. The van der Waals surface area contributed by atoms with Gasteiger partial charge in [0.25, 0.3) is 0 Å². The second-order valence-corrected chi connectivity index (χ2v) is 4.82. The molecule has 0 aliphatic carbocycles. The van der Waals surface area contributed by atoms with E-state index < -0.39 is 6.40 Å². The molecular formula is C19H16O. The lowest BCUT2D eigenvalue weighted by Gasteiger charge is -2.04. The summed E-state index contributed by atoms with van der Waals surface area (Å²) in [6.07, 6.45) is -0.305. The van der Waals surface area contributed by atoms with Gasteiger partial charge in [-0.1, -0.05) is 66.7 Å². The highest BCUT2D eigenvalue weighted by molar-refractivity contribution is 6.00. The third-order valence-corrected chi connectivity index (χ3v) is 3.40. The van der Waals surface area contributed by atoms with Crippen molar-refractivity contribution in [3.8, 4) is 0 Å². The molecule has 0 aliphatic heterocycles. The van der Waals surface area contributed by atoms with E-state index in [1.165, 1.54) is 0 Å². The lowest BCUT2D eigenvalue weighted by Crippen LogP contribution is -2.01. The molecular weight excluding hydrogens is 244 g/mol. The largest absolute Gasteiger partial charge is 0.294 e. The molecule has 0 spiro atoms. The summed E-state index contributed by atoms with van der Waals surface area (Å²) >= 11 is 0. The van der Waals surface area contributed by atoms with Crippen molar-refractivity contribution in [1.82, 2.24) is 0 Å². The minimum Gasteiger partial charge on any atom is -0.294 e. The second kappa shape index (κ2) is 5.70. The van der Waals surface area contributed by atoms with Crippen LogP contribution < -0.4 is 0 Å². The molecule has 1 unspecified atom stereocenters. The molecule has 98 valence electrons. The van der Waals surface area contributed by atoms with Gasteiger partial charge < -0.3 is 0 Å². The van der Waals surface area contributed by atoms with Gasteiger partial charge in [0.05, 0.1) is 0 Å². The monoisotopic (exact) mass is 261 g/mol. The van der Waals surface area contributed by atoms with E-state index in [1.807, 2.05) is 72.8 Å². The highest BCUT2D eigenvalue weighted by Crippen LogP contribution is 2.17. The van der Waals surface area contributed by atoms with Gasteiger partial charge in [-0.2, -0.15) is 0 Å². The van der Waals surface area contributed by atoms with E-state index in [0.717, 1.165) is 16.3 Å². The van der Waals surface area contributed by atoms with Crippen LogP contribution >= 0.6 is 0 Å². The number of aryl methyl sites for hydroxylation is 1. The van der Waals surface area contributed by atoms with Gasteiger partial charge in [0.15, 0.2) is 5.78 Å². The summed E-state index contributed by atoms with van der Waals surface area (Å²) < 4.78 is 8.11. The quantitative estimate of drug-likeness (QED) is 0.624. The zero-order valence-electron chi connectivity index (χ0n) is 12.1. The molecule has 0 radical (unpaired) electrons. The van der Waals surface area contributed by atoms with Gasteiger partial charge in [0.2, 0.25) is 0 Å². The van der Waals surface area contributed by atoms with Crippen LogP contribution in [0.2, 0.25) is 0 Å². The van der Waals surface area contributed by atoms with Crippen LogP contribution in [0.3, 0.4) is 0 Å². The molecule has 20 heavy (non-hydrogen) atoms. The van der Waals surface area contributed by atoms with E-state index in [-0.39, 0.29) is 5.78 Å². The Balaban J connectivity index is 1.82. The summed E-state index contributed by atoms with van der Waals surface area (Å²) in [4.78, 5) is 12.4. The summed E-state index contributed by atoms with van der Waals surface area (Å²) in [6, 6.07) is 23.3. The first-order chi connectivity index (χ1) is 10.2. The minimum atomic E-state index is -0.756. The van der Waals surface area contributed by atoms with Crippen molar-refractivity contribution in [2.45, 2.75) is 12.8 Å². The molecule has 3 rings (SSSR count). The smallest absolute Gasteiger partial charge is 0.163 e.